The molecule has 1 aliphatic heterocycles. The molecule has 1 aliphatic carbocycles. The Labute approximate surface area is 106 Å². The Morgan fingerprint density at radius 1 is 1.33 bits per heavy atom. The second-order valence-corrected chi connectivity index (χ2v) is 5.09. The van der Waals surface area contributed by atoms with E-state index in [0.29, 0.717) is 12.4 Å². The zero-order valence-electron chi connectivity index (χ0n) is 10.5. The lowest BCUT2D eigenvalue weighted by molar-refractivity contribution is -0.133. The smallest absolute Gasteiger partial charge is 0.244 e. The number of nitrogen functional groups attached to an aromatic ring is 1. The minimum Gasteiger partial charge on any atom is -0.382 e. The van der Waals surface area contributed by atoms with E-state index in [1.54, 1.807) is 16.9 Å². The van der Waals surface area contributed by atoms with Crippen LogP contribution in [0.3, 0.4) is 0 Å². The fraction of sp³-hybridized carbons (Fsp3) is 0.667. The van der Waals surface area contributed by atoms with Crippen molar-refractivity contribution in [1.82, 2.24) is 19.6 Å². The average Bonchev–Trinajstić information content (AvgIpc) is 3.14. The largest absolute Gasteiger partial charge is 0.382 e. The quantitative estimate of drug-likeness (QED) is 0.803. The second kappa shape index (κ2) is 4.61. The van der Waals surface area contributed by atoms with Crippen LogP contribution >= 0.6 is 0 Å². The van der Waals surface area contributed by atoms with Gasteiger partial charge in [0.25, 0.3) is 0 Å². The third-order valence-electron chi connectivity index (χ3n) is 3.69. The lowest BCUT2D eigenvalue weighted by Gasteiger charge is -2.34. The first-order valence-corrected chi connectivity index (χ1v) is 6.53. The number of carbonyl (C=O) groups is 1. The Balaban J connectivity index is 1.51. The first-order chi connectivity index (χ1) is 8.72. The van der Waals surface area contributed by atoms with Crippen molar-refractivity contribution in [3.05, 3.63) is 12.3 Å². The predicted molar refractivity (Wildman–Crippen MR) is 67.8 cm³/mol. The van der Waals surface area contributed by atoms with E-state index in [0.717, 1.165) is 32.2 Å². The van der Waals surface area contributed by atoms with Crippen molar-refractivity contribution in [2.24, 2.45) is 0 Å². The minimum atomic E-state index is 0.133. The van der Waals surface area contributed by atoms with Gasteiger partial charge in [0.15, 0.2) is 0 Å². The summed E-state index contributed by atoms with van der Waals surface area (Å²) in [6.07, 6.45) is 4.41. The molecule has 18 heavy (non-hydrogen) atoms. The van der Waals surface area contributed by atoms with Gasteiger partial charge in [-0.05, 0) is 18.9 Å². The lowest BCUT2D eigenvalue weighted by atomic mass is 10.3. The number of anilines is 1. The summed E-state index contributed by atoms with van der Waals surface area (Å²) in [5, 5.41) is 4.04. The van der Waals surface area contributed by atoms with Gasteiger partial charge in [0.2, 0.25) is 5.91 Å². The monoisotopic (exact) mass is 249 g/mol. The number of rotatable bonds is 3. The van der Waals surface area contributed by atoms with E-state index in [9.17, 15) is 4.79 Å². The maximum atomic E-state index is 12.1. The molecule has 0 atom stereocenters. The molecule has 6 heteroatoms. The van der Waals surface area contributed by atoms with Crippen molar-refractivity contribution in [3.8, 4) is 0 Å². The molecule has 0 spiro atoms. The summed E-state index contributed by atoms with van der Waals surface area (Å²) < 4.78 is 1.60. The summed E-state index contributed by atoms with van der Waals surface area (Å²) in [4.78, 5) is 16.5. The molecule has 1 saturated carbocycles. The molecule has 1 saturated heterocycles. The van der Waals surface area contributed by atoms with Crippen LogP contribution in [0.15, 0.2) is 12.3 Å². The standard InChI is InChI=1S/C12H19N5O/c13-11-3-4-17(14-11)9-12(18)16-7-5-15(6-8-16)10-1-2-10/h3-4,10H,1-2,5-9H2,(H2,13,14). The molecule has 0 aromatic carbocycles. The zero-order valence-corrected chi connectivity index (χ0v) is 10.5. The maximum absolute atomic E-state index is 12.1. The molecule has 0 radical (unpaired) electrons. The highest BCUT2D eigenvalue weighted by Crippen LogP contribution is 2.27. The van der Waals surface area contributed by atoms with Crippen LogP contribution in [0.2, 0.25) is 0 Å². The molecular formula is C12H19N5O. The topological polar surface area (TPSA) is 67.4 Å². The second-order valence-electron chi connectivity index (χ2n) is 5.09. The highest BCUT2D eigenvalue weighted by molar-refractivity contribution is 5.76. The predicted octanol–water partition coefficient (Wildman–Crippen LogP) is -0.228. The third-order valence-corrected chi connectivity index (χ3v) is 3.69. The third kappa shape index (κ3) is 2.48. The molecule has 2 fully saturated rings. The zero-order chi connectivity index (χ0) is 12.5. The summed E-state index contributed by atoms with van der Waals surface area (Å²) >= 11 is 0. The van der Waals surface area contributed by atoms with Gasteiger partial charge in [-0.15, -0.1) is 0 Å². The Morgan fingerprint density at radius 3 is 2.61 bits per heavy atom. The van der Waals surface area contributed by atoms with Gasteiger partial charge in [-0.1, -0.05) is 0 Å². The van der Waals surface area contributed by atoms with Crippen LogP contribution in [-0.4, -0.2) is 57.7 Å². The van der Waals surface area contributed by atoms with E-state index in [1.807, 2.05) is 4.90 Å². The van der Waals surface area contributed by atoms with Gasteiger partial charge in [-0.25, -0.2) is 0 Å². The van der Waals surface area contributed by atoms with Gasteiger partial charge in [0, 0.05) is 38.4 Å². The van der Waals surface area contributed by atoms with Gasteiger partial charge < -0.3 is 10.6 Å². The SMILES string of the molecule is Nc1ccn(CC(=O)N2CCN(C3CC3)CC2)n1. The highest BCUT2D eigenvalue weighted by atomic mass is 16.2. The fourth-order valence-corrected chi connectivity index (χ4v) is 2.48. The molecule has 6 nitrogen and oxygen atoms in total. The molecule has 2 aliphatic rings. The van der Waals surface area contributed by atoms with Crippen LogP contribution in [0.25, 0.3) is 0 Å². The fourth-order valence-electron chi connectivity index (χ4n) is 2.48. The summed E-state index contributed by atoms with van der Waals surface area (Å²) in [5.74, 6) is 0.592. The number of nitrogens with two attached hydrogens (primary N) is 1. The number of nitrogens with zero attached hydrogens (tertiary/aromatic N) is 4. The number of piperazine rings is 1. The number of hydrogen-bond acceptors (Lipinski definition) is 4. The minimum absolute atomic E-state index is 0.133. The molecule has 1 aromatic rings. The number of amides is 1. The van der Waals surface area contributed by atoms with Crippen molar-refractivity contribution in [3.63, 3.8) is 0 Å². The average molecular weight is 249 g/mol. The van der Waals surface area contributed by atoms with Crippen molar-refractivity contribution in [2.45, 2.75) is 25.4 Å². The van der Waals surface area contributed by atoms with Gasteiger partial charge in [-0.2, -0.15) is 5.10 Å². The van der Waals surface area contributed by atoms with E-state index in [2.05, 4.69) is 10.00 Å². The summed E-state index contributed by atoms with van der Waals surface area (Å²) in [5.41, 5.74) is 5.53. The Hall–Kier alpha value is -1.56. The van der Waals surface area contributed by atoms with Crippen LogP contribution in [0.5, 0.6) is 0 Å². The van der Waals surface area contributed by atoms with E-state index < -0.39 is 0 Å². The van der Waals surface area contributed by atoms with Crippen LogP contribution in [0.1, 0.15) is 12.8 Å². The molecule has 2 heterocycles. The van der Waals surface area contributed by atoms with Gasteiger partial charge in [0.05, 0.1) is 0 Å². The molecule has 98 valence electrons. The van der Waals surface area contributed by atoms with Crippen LogP contribution in [-0.2, 0) is 11.3 Å². The van der Waals surface area contributed by atoms with Crippen molar-refractivity contribution in [2.75, 3.05) is 31.9 Å². The van der Waals surface area contributed by atoms with Crippen LogP contribution in [0, 0.1) is 0 Å². The number of hydrogen-bond donors (Lipinski definition) is 1. The first-order valence-electron chi connectivity index (χ1n) is 6.53. The van der Waals surface area contributed by atoms with Crippen molar-refractivity contribution in [1.29, 1.82) is 0 Å². The normalized spacial score (nSPS) is 21.2. The summed E-state index contributed by atoms with van der Waals surface area (Å²) in [6.45, 7) is 3.99. The molecule has 0 bridgehead atoms. The van der Waals surface area contributed by atoms with Crippen LogP contribution < -0.4 is 5.73 Å². The Bertz CT molecular complexity index is 431. The van der Waals surface area contributed by atoms with Gasteiger partial charge in [-0.3, -0.25) is 14.4 Å². The summed E-state index contributed by atoms with van der Waals surface area (Å²) in [7, 11) is 0. The van der Waals surface area contributed by atoms with E-state index in [1.165, 1.54) is 12.8 Å². The lowest BCUT2D eigenvalue weighted by Crippen LogP contribution is -2.50. The summed E-state index contributed by atoms with van der Waals surface area (Å²) in [6, 6.07) is 2.51. The number of aromatic nitrogens is 2. The molecule has 1 aromatic heterocycles. The first kappa shape index (κ1) is 11.5. The molecule has 0 unspecified atom stereocenters. The molecule has 2 N–H and O–H groups in total. The Morgan fingerprint density at radius 2 is 2.06 bits per heavy atom. The van der Waals surface area contributed by atoms with Crippen molar-refractivity contribution >= 4 is 11.7 Å². The van der Waals surface area contributed by atoms with E-state index in [-0.39, 0.29) is 5.91 Å². The Kier molecular flexibility index (Phi) is 2.95. The molecule has 3 rings (SSSR count). The van der Waals surface area contributed by atoms with E-state index in [4.69, 9.17) is 5.73 Å². The number of carbonyl (C=O) groups excluding carboxylic acids is 1. The van der Waals surface area contributed by atoms with Gasteiger partial charge >= 0.3 is 0 Å². The van der Waals surface area contributed by atoms with Crippen molar-refractivity contribution < 1.29 is 4.79 Å². The van der Waals surface area contributed by atoms with Crippen LogP contribution in [0.4, 0.5) is 5.82 Å². The molecule has 1 amide bonds. The molecular weight excluding hydrogens is 230 g/mol. The van der Waals surface area contributed by atoms with Gasteiger partial charge in [0.1, 0.15) is 12.4 Å². The van der Waals surface area contributed by atoms with E-state index >= 15 is 0 Å². The maximum Gasteiger partial charge on any atom is 0.244 e. The highest BCUT2D eigenvalue weighted by Gasteiger charge is 2.32.